The summed E-state index contributed by atoms with van der Waals surface area (Å²) in [5.41, 5.74) is 1.21. The Balaban J connectivity index is 1.71. The van der Waals surface area contributed by atoms with E-state index >= 15 is 0 Å². The highest BCUT2D eigenvalue weighted by Gasteiger charge is 2.16. The summed E-state index contributed by atoms with van der Waals surface area (Å²) in [6.07, 6.45) is 2.62. The fourth-order valence-electron chi connectivity index (χ4n) is 2.47. The standard InChI is InChI=1S/C18H17N3O5S3/c1-28(23,24)12-13-3-2-4-14(11-13)17(22)20-15-5-7-16(8-6-15)29(25,26)21-18-19-9-10-27-18/h2-11H,12H2,1H3,(H,19,21)(H,20,22). The summed E-state index contributed by atoms with van der Waals surface area (Å²) in [7, 11) is -6.99. The summed E-state index contributed by atoms with van der Waals surface area (Å²) in [6.45, 7) is 0. The second-order valence-corrected chi connectivity index (χ2v) is 10.9. The first-order chi connectivity index (χ1) is 13.6. The van der Waals surface area contributed by atoms with Crippen molar-refractivity contribution in [2.24, 2.45) is 0 Å². The molecule has 8 nitrogen and oxygen atoms in total. The number of amides is 1. The van der Waals surface area contributed by atoms with Crippen LogP contribution in [0.15, 0.2) is 65.0 Å². The van der Waals surface area contributed by atoms with E-state index in [0.29, 0.717) is 16.8 Å². The van der Waals surface area contributed by atoms with Gasteiger partial charge in [-0.2, -0.15) is 0 Å². The monoisotopic (exact) mass is 451 g/mol. The van der Waals surface area contributed by atoms with E-state index in [1.807, 2.05) is 0 Å². The summed E-state index contributed by atoms with van der Waals surface area (Å²) in [5, 5.41) is 4.57. The molecule has 0 spiro atoms. The van der Waals surface area contributed by atoms with Crippen LogP contribution in [0.25, 0.3) is 0 Å². The number of hydrogen-bond acceptors (Lipinski definition) is 7. The van der Waals surface area contributed by atoms with Crippen LogP contribution in [0.2, 0.25) is 0 Å². The van der Waals surface area contributed by atoms with Crippen LogP contribution in [0.1, 0.15) is 15.9 Å². The zero-order valence-corrected chi connectivity index (χ0v) is 17.6. The van der Waals surface area contributed by atoms with Crippen molar-refractivity contribution in [1.82, 2.24) is 4.98 Å². The van der Waals surface area contributed by atoms with E-state index in [0.717, 1.165) is 17.6 Å². The molecule has 0 aliphatic carbocycles. The fourth-order valence-corrected chi connectivity index (χ4v) is 5.05. The van der Waals surface area contributed by atoms with Gasteiger partial charge in [-0.25, -0.2) is 21.8 Å². The topological polar surface area (TPSA) is 122 Å². The Hall–Kier alpha value is -2.76. The highest BCUT2D eigenvalue weighted by atomic mass is 32.2. The van der Waals surface area contributed by atoms with E-state index < -0.39 is 25.8 Å². The predicted molar refractivity (Wildman–Crippen MR) is 112 cm³/mol. The zero-order valence-electron chi connectivity index (χ0n) is 15.2. The molecule has 1 aromatic heterocycles. The molecule has 3 rings (SSSR count). The van der Waals surface area contributed by atoms with Gasteiger partial charge in [-0.15, -0.1) is 11.3 Å². The molecule has 11 heteroatoms. The number of thiazole rings is 1. The second-order valence-electron chi connectivity index (χ2n) is 6.19. The highest BCUT2D eigenvalue weighted by molar-refractivity contribution is 7.93. The first kappa shape index (κ1) is 21.0. The Bertz CT molecular complexity index is 1220. The summed E-state index contributed by atoms with van der Waals surface area (Å²) in [4.78, 5) is 16.3. The van der Waals surface area contributed by atoms with Crippen molar-refractivity contribution in [3.63, 3.8) is 0 Å². The van der Waals surface area contributed by atoms with Crippen LogP contribution in [-0.4, -0.2) is 34.0 Å². The Labute approximate surface area is 172 Å². The van der Waals surface area contributed by atoms with Crippen LogP contribution in [0.5, 0.6) is 0 Å². The molecule has 152 valence electrons. The van der Waals surface area contributed by atoms with Gasteiger partial charge in [0, 0.05) is 29.1 Å². The first-order valence-electron chi connectivity index (χ1n) is 8.23. The normalized spacial score (nSPS) is 11.8. The maximum Gasteiger partial charge on any atom is 0.263 e. The predicted octanol–water partition coefficient (Wildman–Crippen LogP) is 2.74. The second kappa shape index (κ2) is 8.31. The lowest BCUT2D eigenvalue weighted by molar-refractivity contribution is 0.102. The summed E-state index contributed by atoms with van der Waals surface area (Å²) in [6, 6.07) is 12.0. The van der Waals surface area contributed by atoms with Crippen LogP contribution in [-0.2, 0) is 25.6 Å². The number of benzene rings is 2. The van der Waals surface area contributed by atoms with E-state index in [1.54, 1.807) is 23.6 Å². The summed E-state index contributed by atoms with van der Waals surface area (Å²) in [5.74, 6) is -0.593. The number of sulfonamides is 1. The van der Waals surface area contributed by atoms with Crippen molar-refractivity contribution in [2.45, 2.75) is 10.6 Å². The molecule has 2 N–H and O–H groups in total. The van der Waals surface area contributed by atoms with E-state index in [9.17, 15) is 21.6 Å². The van der Waals surface area contributed by atoms with Crippen molar-refractivity contribution >= 4 is 47.9 Å². The molecule has 0 unspecified atom stereocenters. The maximum atomic E-state index is 12.4. The van der Waals surface area contributed by atoms with Crippen molar-refractivity contribution in [2.75, 3.05) is 16.3 Å². The Kier molecular flexibility index (Phi) is 6.01. The maximum absolute atomic E-state index is 12.4. The number of nitrogens with one attached hydrogen (secondary N) is 2. The van der Waals surface area contributed by atoms with Gasteiger partial charge >= 0.3 is 0 Å². The number of sulfone groups is 1. The highest BCUT2D eigenvalue weighted by Crippen LogP contribution is 2.20. The van der Waals surface area contributed by atoms with Gasteiger partial charge in [0.15, 0.2) is 15.0 Å². The summed E-state index contributed by atoms with van der Waals surface area (Å²) >= 11 is 1.16. The number of aromatic nitrogens is 1. The Morgan fingerprint density at radius 3 is 2.41 bits per heavy atom. The lowest BCUT2D eigenvalue weighted by Crippen LogP contribution is -2.14. The minimum absolute atomic E-state index is 0.0286. The van der Waals surface area contributed by atoms with Crippen molar-refractivity contribution < 1.29 is 21.6 Å². The minimum Gasteiger partial charge on any atom is -0.322 e. The average molecular weight is 452 g/mol. The number of rotatable bonds is 7. The third-order valence-electron chi connectivity index (χ3n) is 3.69. The minimum atomic E-state index is -3.78. The Morgan fingerprint density at radius 2 is 1.79 bits per heavy atom. The molecular weight excluding hydrogens is 434 g/mol. The summed E-state index contributed by atoms with van der Waals surface area (Å²) < 4.78 is 49.9. The molecule has 1 amide bonds. The molecule has 0 aliphatic heterocycles. The van der Waals surface area contributed by atoms with Crippen LogP contribution < -0.4 is 10.0 Å². The first-order valence-corrected chi connectivity index (χ1v) is 12.7. The number of hydrogen-bond donors (Lipinski definition) is 2. The quantitative estimate of drug-likeness (QED) is 0.569. The van der Waals surface area contributed by atoms with Gasteiger partial charge in [0.1, 0.15) is 0 Å². The number of anilines is 2. The van der Waals surface area contributed by atoms with Crippen LogP contribution >= 0.6 is 11.3 Å². The lowest BCUT2D eigenvalue weighted by atomic mass is 10.1. The van der Waals surface area contributed by atoms with Gasteiger partial charge in [0.2, 0.25) is 0 Å². The SMILES string of the molecule is CS(=O)(=O)Cc1cccc(C(=O)Nc2ccc(S(=O)(=O)Nc3nccs3)cc2)c1. The molecule has 2 aromatic carbocycles. The largest absolute Gasteiger partial charge is 0.322 e. The van der Waals surface area contributed by atoms with Crippen molar-refractivity contribution in [3.8, 4) is 0 Å². The molecule has 0 radical (unpaired) electrons. The lowest BCUT2D eigenvalue weighted by Gasteiger charge is -2.09. The number of carbonyl (C=O) groups excluding carboxylic acids is 1. The molecule has 0 atom stereocenters. The van der Waals surface area contributed by atoms with E-state index in [4.69, 9.17) is 0 Å². The van der Waals surface area contributed by atoms with E-state index in [-0.39, 0.29) is 15.8 Å². The van der Waals surface area contributed by atoms with Gasteiger partial charge in [-0.3, -0.25) is 9.52 Å². The van der Waals surface area contributed by atoms with Crippen molar-refractivity contribution in [1.29, 1.82) is 0 Å². The van der Waals surface area contributed by atoms with Crippen LogP contribution in [0.4, 0.5) is 10.8 Å². The van der Waals surface area contributed by atoms with Gasteiger partial charge < -0.3 is 5.32 Å². The molecule has 0 bridgehead atoms. The van der Waals surface area contributed by atoms with Crippen molar-refractivity contribution in [3.05, 3.63) is 71.2 Å². The van der Waals surface area contributed by atoms with Gasteiger partial charge in [-0.05, 0) is 42.0 Å². The van der Waals surface area contributed by atoms with Crippen LogP contribution in [0, 0.1) is 0 Å². The molecule has 1 heterocycles. The number of carbonyl (C=O) groups is 1. The number of nitrogens with zero attached hydrogens (tertiary/aromatic N) is 1. The third kappa shape index (κ3) is 5.86. The molecule has 0 aliphatic rings. The van der Waals surface area contributed by atoms with E-state index in [2.05, 4.69) is 15.0 Å². The van der Waals surface area contributed by atoms with Gasteiger partial charge in [-0.1, -0.05) is 12.1 Å². The zero-order chi connectivity index (χ0) is 21.1. The molecule has 0 saturated carbocycles. The van der Waals surface area contributed by atoms with Gasteiger partial charge in [0.25, 0.3) is 15.9 Å². The van der Waals surface area contributed by atoms with E-state index in [1.165, 1.54) is 36.5 Å². The average Bonchev–Trinajstić information content (AvgIpc) is 3.13. The smallest absolute Gasteiger partial charge is 0.263 e. The molecular formula is C18H17N3O5S3. The Morgan fingerprint density at radius 1 is 1.07 bits per heavy atom. The fraction of sp³-hybridized carbons (Fsp3) is 0.111. The van der Waals surface area contributed by atoms with Gasteiger partial charge in [0.05, 0.1) is 10.6 Å². The molecule has 0 saturated heterocycles. The van der Waals surface area contributed by atoms with Crippen LogP contribution in [0.3, 0.4) is 0 Å². The third-order valence-corrected chi connectivity index (χ3v) is 6.72. The molecule has 0 fully saturated rings. The molecule has 3 aromatic rings. The molecule has 29 heavy (non-hydrogen) atoms.